The molecule has 2 aromatic rings. The van der Waals surface area contributed by atoms with Crippen molar-refractivity contribution in [3.63, 3.8) is 0 Å². The number of unbranched alkanes of at least 4 members (excludes halogenated alkanes) is 8. The molecule has 0 spiro atoms. The van der Waals surface area contributed by atoms with Crippen LogP contribution in [-0.2, 0) is 0 Å². The van der Waals surface area contributed by atoms with Crippen LogP contribution in [0.4, 0.5) is 0 Å². The van der Waals surface area contributed by atoms with E-state index in [-0.39, 0.29) is 17.4 Å². The fourth-order valence-corrected chi connectivity index (χ4v) is 3.89. The first-order valence-electron chi connectivity index (χ1n) is 12.2. The minimum atomic E-state index is -0.192. The predicted molar refractivity (Wildman–Crippen MR) is 129 cm³/mol. The van der Waals surface area contributed by atoms with Crippen molar-refractivity contribution in [1.82, 2.24) is 4.57 Å². The van der Waals surface area contributed by atoms with Crippen molar-refractivity contribution >= 4 is 10.9 Å². The number of fused-ring (bicyclic) bond motifs is 1. The molecule has 0 bridgehead atoms. The van der Waals surface area contributed by atoms with Gasteiger partial charge in [0.15, 0.2) is 5.75 Å². The van der Waals surface area contributed by atoms with Crippen LogP contribution < -0.4 is 15.0 Å². The van der Waals surface area contributed by atoms with E-state index in [1.807, 2.05) is 19.9 Å². The molecule has 174 valence electrons. The molecule has 5 nitrogen and oxygen atoms in total. The van der Waals surface area contributed by atoms with Gasteiger partial charge in [-0.15, -0.1) is 0 Å². The molecule has 0 radical (unpaired) electrons. The summed E-state index contributed by atoms with van der Waals surface area (Å²) in [4.78, 5) is 13.4. The lowest BCUT2D eigenvalue weighted by atomic mass is 10.1. The number of ether oxygens (including phenoxy) is 2. The molecule has 0 aliphatic carbocycles. The number of pyridine rings is 1. The van der Waals surface area contributed by atoms with E-state index in [4.69, 9.17) is 9.47 Å². The van der Waals surface area contributed by atoms with Gasteiger partial charge < -0.3 is 19.1 Å². The van der Waals surface area contributed by atoms with E-state index < -0.39 is 0 Å². The summed E-state index contributed by atoms with van der Waals surface area (Å²) >= 11 is 0. The van der Waals surface area contributed by atoms with Crippen LogP contribution in [-0.4, -0.2) is 22.9 Å². The number of rotatable bonds is 15. The van der Waals surface area contributed by atoms with Gasteiger partial charge in [0.05, 0.1) is 18.7 Å². The molecule has 0 aliphatic rings. The summed E-state index contributed by atoms with van der Waals surface area (Å²) in [5.41, 5.74) is 0.484. The molecule has 0 saturated heterocycles. The van der Waals surface area contributed by atoms with Crippen LogP contribution >= 0.6 is 0 Å². The standard InChI is InChI=1S/C26H41NO4/c1-5-7-9-11-12-14-18-31-25-24(30-17-13-10-8-6-2)22-16-15-21(28)19-23(22)27(20(3)4)26(25)29/h15-16,19-20,28H,5-14,17-18H2,1-4H3. The van der Waals surface area contributed by atoms with Crippen LogP contribution in [0.3, 0.4) is 0 Å². The van der Waals surface area contributed by atoms with Gasteiger partial charge in [-0.3, -0.25) is 4.79 Å². The Morgan fingerprint density at radius 3 is 2.00 bits per heavy atom. The summed E-state index contributed by atoms with van der Waals surface area (Å²) in [6.45, 7) is 9.39. The summed E-state index contributed by atoms with van der Waals surface area (Å²) in [7, 11) is 0. The van der Waals surface area contributed by atoms with Gasteiger partial charge in [0.25, 0.3) is 5.56 Å². The van der Waals surface area contributed by atoms with Gasteiger partial charge in [-0.2, -0.15) is 0 Å². The lowest BCUT2D eigenvalue weighted by Crippen LogP contribution is -2.25. The van der Waals surface area contributed by atoms with Gasteiger partial charge in [-0.25, -0.2) is 0 Å². The predicted octanol–water partition coefficient (Wildman–Crippen LogP) is 6.99. The highest BCUT2D eigenvalue weighted by molar-refractivity contribution is 5.89. The first kappa shape index (κ1) is 25.1. The molecule has 5 heteroatoms. The number of hydrogen-bond donors (Lipinski definition) is 1. The quantitative estimate of drug-likeness (QED) is 0.309. The maximum atomic E-state index is 13.4. The topological polar surface area (TPSA) is 60.7 Å². The lowest BCUT2D eigenvalue weighted by molar-refractivity contribution is 0.256. The number of aromatic hydroxyl groups is 1. The molecular weight excluding hydrogens is 390 g/mol. The highest BCUT2D eigenvalue weighted by atomic mass is 16.5. The summed E-state index contributed by atoms with van der Waals surface area (Å²) in [6, 6.07) is 5.03. The summed E-state index contributed by atoms with van der Waals surface area (Å²) in [5.74, 6) is 0.950. The Morgan fingerprint density at radius 2 is 1.39 bits per heavy atom. The number of phenols is 1. The highest BCUT2D eigenvalue weighted by Crippen LogP contribution is 2.36. The number of nitrogens with zero attached hydrogens (tertiary/aromatic N) is 1. The Labute approximate surface area is 187 Å². The van der Waals surface area contributed by atoms with E-state index in [2.05, 4.69) is 13.8 Å². The first-order valence-corrected chi connectivity index (χ1v) is 12.2. The summed E-state index contributed by atoms with van der Waals surface area (Å²) in [6.07, 6.45) is 11.4. The third-order valence-electron chi connectivity index (χ3n) is 5.61. The zero-order valence-electron chi connectivity index (χ0n) is 19.9. The molecule has 0 atom stereocenters. The number of aromatic nitrogens is 1. The molecule has 0 fully saturated rings. The van der Waals surface area contributed by atoms with E-state index in [0.29, 0.717) is 30.2 Å². The van der Waals surface area contributed by atoms with Gasteiger partial charge in [-0.1, -0.05) is 65.2 Å². The fraction of sp³-hybridized carbons (Fsp3) is 0.654. The third-order valence-corrected chi connectivity index (χ3v) is 5.61. The summed E-state index contributed by atoms with van der Waals surface area (Å²) in [5, 5.41) is 10.8. The molecule has 1 aromatic heterocycles. The molecule has 31 heavy (non-hydrogen) atoms. The van der Waals surface area contributed by atoms with Gasteiger partial charge in [0.1, 0.15) is 5.75 Å². The molecular formula is C26H41NO4. The molecule has 0 saturated carbocycles. The maximum Gasteiger partial charge on any atom is 0.297 e. The van der Waals surface area contributed by atoms with Crippen LogP contribution in [0.25, 0.3) is 10.9 Å². The zero-order valence-corrected chi connectivity index (χ0v) is 19.9. The van der Waals surface area contributed by atoms with Crippen LogP contribution in [0, 0.1) is 0 Å². The Balaban J connectivity index is 2.30. The monoisotopic (exact) mass is 431 g/mol. The Kier molecular flexibility index (Phi) is 10.8. The van der Waals surface area contributed by atoms with Gasteiger partial charge in [-0.05, 0) is 38.8 Å². The first-order chi connectivity index (χ1) is 15.0. The second kappa shape index (κ2) is 13.3. The SMILES string of the molecule is CCCCCCCCOc1c(OCCCCCC)c2ccc(O)cc2n(C(C)C)c1=O. The number of hydrogen-bond acceptors (Lipinski definition) is 4. The van der Waals surface area contributed by atoms with Crippen molar-refractivity contribution in [1.29, 1.82) is 0 Å². The Hall–Kier alpha value is -2.17. The Bertz CT molecular complexity index is 857. The summed E-state index contributed by atoms with van der Waals surface area (Å²) < 4.78 is 13.9. The average Bonchev–Trinajstić information content (AvgIpc) is 2.73. The second-order valence-corrected chi connectivity index (χ2v) is 8.65. The number of benzene rings is 1. The molecule has 0 aliphatic heterocycles. The van der Waals surface area contributed by atoms with Crippen molar-refractivity contribution in [2.75, 3.05) is 13.2 Å². The van der Waals surface area contributed by atoms with Crippen molar-refractivity contribution in [3.05, 3.63) is 28.6 Å². The molecule has 1 heterocycles. The minimum Gasteiger partial charge on any atom is -0.508 e. The van der Waals surface area contributed by atoms with E-state index in [9.17, 15) is 9.90 Å². The lowest BCUT2D eigenvalue weighted by Gasteiger charge is -2.20. The molecule has 1 N–H and O–H groups in total. The van der Waals surface area contributed by atoms with Crippen LogP contribution in [0.5, 0.6) is 17.2 Å². The number of phenolic OH excluding ortho intramolecular Hbond substituents is 1. The van der Waals surface area contributed by atoms with E-state index in [1.165, 1.54) is 38.5 Å². The van der Waals surface area contributed by atoms with E-state index in [1.54, 1.807) is 16.7 Å². The fourth-order valence-electron chi connectivity index (χ4n) is 3.89. The Morgan fingerprint density at radius 1 is 0.839 bits per heavy atom. The van der Waals surface area contributed by atoms with Gasteiger partial charge in [0.2, 0.25) is 5.75 Å². The van der Waals surface area contributed by atoms with Gasteiger partial charge in [0, 0.05) is 17.5 Å². The second-order valence-electron chi connectivity index (χ2n) is 8.65. The van der Waals surface area contributed by atoms with Crippen LogP contribution in [0.15, 0.2) is 23.0 Å². The molecule has 2 rings (SSSR count). The smallest absolute Gasteiger partial charge is 0.297 e. The maximum absolute atomic E-state index is 13.4. The van der Waals surface area contributed by atoms with E-state index in [0.717, 1.165) is 31.1 Å². The van der Waals surface area contributed by atoms with Gasteiger partial charge >= 0.3 is 0 Å². The minimum absolute atomic E-state index is 0.0631. The van der Waals surface area contributed by atoms with E-state index >= 15 is 0 Å². The van der Waals surface area contributed by atoms with Crippen LogP contribution in [0.2, 0.25) is 0 Å². The molecule has 1 aromatic carbocycles. The normalized spacial score (nSPS) is 11.4. The third kappa shape index (κ3) is 7.19. The average molecular weight is 432 g/mol. The molecule has 0 unspecified atom stereocenters. The highest BCUT2D eigenvalue weighted by Gasteiger charge is 2.21. The largest absolute Gasteiger partial charge is 0.508 e. The van der Waals surface area contributed by atoms with Crippen molar-refractivity contribution in [2.24, 2.45) is 0 Å². The van der Waals surface area contributed by atoms with Crippen molar-refractivity contribution in [2.45, 2.75) is 97.9 Å². The van der Waals surface area contributed by atoms with Crippen LogP contribution in [0.1, 0.15) is 97.9 Å². The zero-order chi connectivity index (χ0) is 22.6. The van der Waals surface area contributed by atoms with Crippen molar-refractivity contribution < 1.29 is 14.6 Å². The molecule has 0 amide bonds. The van der Waals surface area contributed by atoms with Crippen molar-refractivity contribution in [3.8, 4) is 17.2 Å².